The second kappa shape index (κ2) is 6.15. The van der Waals surface area contributed by atoms with Crippen molar-refractivity contribution >= 4 is 33.1 Å². The maximum Gasteiger partial charge on any atom is 0.263 e. The van der Waals surface area contributed by atoms with Gasteiger partial charge in [0.15, 0.2) is 0 Å². The number of carbonyl (C=O) groups excluding carboxylic acids is 1. The normalized spacial score (nSPS) is 10.9. The molecule has 2 heterocycles. The van der Waals surface area contributed by atoms with Crippen LogP contribution in [0.5, 0.6) is 0 Å². The highest BCUT2D eigenvalue weighted by atomic mass is 32.1. The van der Waals surface area contributed by atoms with Crippen LogP contribution in [0.3, 0.4) is 0 Å². The first-order chi connectivity index (χ1) is 9.63. The zero-order valence-electron chi connectivity index (χ0n) is 11.7. The molecule has 0 aromatic carbocycles. The predicted octanol–water partition coefficient (Wildman–Crippen LogP) is 1.09. The highest BCUT2D eigenvalue weighted by Crippen LogP contribution is 2.35. The Bertz CT molecular complexity index is 637. The van der Waals surface area contributed by atoms with E-state index in [1.165, 1.54) is 11.3 Å². The van der Waals surface area contributed by atoms with Gasteiger partial charge < -0.3 is 16.8 Å². The molecule has 0 saturated heterocycles. The number of nitrogen functional groups attached to an aromatic ring is 1. The van der Waals surface area contributed by atoms with Crippen LogP contribution in [0, 0.1) is 0 Å². The Balaban J connectivity index is 2.55. The number of aryl methyl sites for hydroxylation is 2. The van der Waals surface area contributed by atoms with Crippen molar-refractivity contribution in [3.63, 3.8) is 0 Å². The highest BCUT2D eigenvalue weighted by Gasteiger charge is 2.20. The predicted molar refractivity (Wildman–Crippen MR) is 82.0 cm³/mol. The number of rotatable bonds is 5. The summed E-state index contributed by atoms with van der Waals surface area (Å²) in [7, 11) is 0. The van der Waals surface area contributed by atoms with E-state index in [1.807, 2.05) is 6.92 Å². The van der Waals surface area contributed by atoms with Gasteiger partial charge in [-0.25, -0.2) is 0 Å². The molecule has 6 nitrogen and oxygen atoms in total. The number of hydrogen-bond acceptors (Lipinski definition) is 6. The Morgan fingerprint density at radius 1 is 1.30 bits per heavy atom. The number of nitrogens with zero attached hydrogens (tertiary/aromatic N) is 2. The summed E-state index contributed by atoms with van der Waals surface area (Å²) >= 11 is 1.28. The van der Waals surface area contributed by atoms with Crippen molar-refractivity contribution in [2.75, 3.05) is 18.8 Å². The van der Waals surface area contributed by atoms with Crippen molar-refractivity contribution in [1.82, 2.24) is 15.5 Å². The van der Waals surface area contributed by atoms with E-state index in [4.69, 9.17) is 11.5 Å². The lowest BCUT2D eigenvalue weighted by Crippen LogP contribution is -2.28. The van der Waals surface area contributed by atoms with Gasteiger partial charge in [-0.3, -0.25) is 4.79 Å². The fourth-order valence-corrected chi connectivity index (χ4v) is 3.19. The largest absolute Gasteiger partial charge is 0.397 e. The summed E-state index contributed by atoms with van der Waals surface area (Å²) in [5.74, 6) is -0.198. The van der Waals surface area contributed by atoms with E-state index in [0.29, 0.717) is 23.7 Å². The van der Waals surface area contributed by atoms with Crippen molar-refractivity contribution in [2.24, 2.45) is 5.73 Å². The molecule has 0 fully saturated rings. The van der Waals surface area contributed by atoms with Gasteiger partial charge >= 0.3 is 0 Å². The summed E-state index contributed by atoms with van der Waals surface area (Å²) in [4.78, 5) is 13.3. The summed E-state index contributed by atoms with van der Waals surface area (Å²) in [6.07, 6.45) is 1.62. The van der Waals surface area contributed by atoms with Crippen molar-refractivity contribution < 1.29 is 4.79 Å². The molecule has 0 atom stereocenters. The van der Waals surface area contributed by atoms with Gasteiger partial charge in [-0.1, -0.05) is 13.8 Å². The van der Waals surface area contributed by atoms with Gasteiger partial charge in [0, 0.05) is 18.5 Å². The van der Waals surface area contributed by atoms with Crippen LogP contribution in [0.25, 0.3) is 10.2 Å². The minimum Gasteiger partial charge on any atom is -0.397 e. The minimum absolute atomic E-state index is 0.198. The second-order valence-corrected chi connectivity index (χ2v) is 5.40. The maximum atomic E-state index is 12.1. The molecule has 0 unspecified atom stereocenters. The number of nitrogens with one attached hydrogen (secondary N) is 1. The number of hydrogen-bond donors (Lipinski definition) is 3. The lowest BCUT2D eigenvalue weighted by Gasteiger charge is -2.06. The standard InChI is InChI=1S/C13H19N5OS/c1-3-7-8(4-2)17-18-13-9(7)10(15)11(20-13)12(19)16-6-5-14/h3-6,14-15H2,1-2H3,(H,16,19). The molecule has 0 saturated carbocycles. The van der Waals surface area contributed by atoms with Crippen LogP contribution in [-0.4, -0.2) is 29.2 Å². The number of amides is 1. The van der Waals surface area contributed by atoms with Crippen LogP contribution < -0.4 is 16.8 Å². The highest BCUT2D eigenvalue weighted by molar-refractivity contribution is 7.21. The third-order valence-corrected chi connectivity index (χ3v) is 4.25. The summed E-state index contributed by atoms with van der Waals surface area (Å²) in [5, 5.41) is 12.0. The molecule has 20 heavy (non-hydrogen) atoms. The number of fused-ring (bicyclic) bond motifs is 1. The Hall–Kier alpha value is -1.73. The summed E-state index contributed by atoms with van der Waals surface area (Å²) in [5.41, 5.74) is 14.1. The van der Waals surface area contributed by atoms with E-state index in [0.717, 1.165) is 34.3 Å². The SMILES string of the molecule is CCc1nnc2sc(C(=O)NCCN)c(N)c2c1CC. The van der Waals surface area contributed by atoms with Crippen LogP contribution in [0.4, 0.5) is 5.69 Å². The molecule has 108 valence electrons. The van der Waals surface area contributed by atoms with Crippen molar-refractivity contribution in [3.05, 3.63) is 16.1 Å². The lowest BCUT2D eigenvalue weighted by atomic mass is 10.1. The molecule has 1 amide bonds. The molecular formula is C13H19N5OS. The fraction of sp³-hybridized carbons (Fsp3) is 0.462. The summed E-state index contributed by atoms with van der Waals surface area (Å²) in [6.45, 7) is 4.92. The van der Waals surface area contributed by atoms with Gasteiger partial charge in [0.05, 0.1) is 11.4 Å². The average molecular weight is 293 g/mol. The number of aromatic nitrogens is 2. The summed E-state index contributed by atoms with van der Waals surface area (Å²) in [6, 6.07) is 0. The van der Waals surface area contributed by atoms with E-state index in [-0.39, 0.29) is 5.91 Å². The quantitative estimate of drug-likeness (QED) is 0.765. The molecule has 2 aromatic rings. The maximum absolute atomic E-state index is 12.1. The van der Waals surface area contributed by atoms with Crippen LogP contribution >= 0.6 is 11.3 Å². The molecule has 2 rings (SSSR count). The monoisotopic (exact) mass is 293 g/mol. The molecule has 5 N–H and O–H groups in total. The van der Waals surface area contributed by atoms with Crippen molar-refractivity contribution in [3.8, 4) is 0 Å². The number of nitrogens with two attached hydrogens (primary N) is 2. The Morgan fingerprint density at radius 2 is 2.05 bits per heavy atom. The first-order valence-corrected chi connectivity index (χ1v) is 7.50. The number of anilines is 1. The minimum atomic E-state index is -0.198. The van der Waals surface area contributed by atoms with Crippen LogP contribution in [0.15, 0.2) is 0 Å². The van der Waals surface area contributed by atoms with Crippen molar-refractivity contribution in [2.45, 2.75) is 26.7 Å². The number of carbonyl (C=O) groups is 1. The third kappa shape index (κ3) is 2.46. The molecule has 0 radical (unpaired) electrons. The molecule has 2 aromatic heterocycles. The van der Waals surface area contributed by atoms with Crippen LogP contribution in [-0.2, 0) is 12.8 Å². The van der Waals surface area contributed by atoms with Gasteiger partial charge in [0.25, 0.3) is 5.91 Å². The van der Waals surface area contributed by atoms with E-state index >= 15 is 0 Å². The van der Waals surface area contributed by atoms with Crippen molar-refractivity contribution in [1.29, 1.82) is 0 Å². The first kappa shape index (κ1) is 14.7. The first-order valence-electron chi connectivity index (χ1n) is 6.68. The van der Waals surface area contributed by atoms with Crippen LogP contribution in [0.2, 0.25) is 0 Å². The third-order valence-electron chi connectivity index (χ3n) is 3.16. The molecule has 0 aliphatic carbocycles. The van der Waals surface area contributed by atoms with Gasteiger partial charge in [-0.15, -0.1) is 16.4 Å². The second-order valence-electron chi connectivity index (χ2n) is 4.40. The molecule has 7 heteroatoms. The zero-order chi connectivity index (χ0) is 14.7. The van der Waals surface area contributed by atoms with Gasteiger partial charge in [-0.2, -0.15) is 5.10 Å². The molecule has 0 aliphatic heterocycles. The van der Waals surface area contributed by atoms with E-state index in [9.17, 15) is 4.79 Å². The Labute approximate surface area is 121 Å². The smallest absolute Gasteiger partial charge is 0.263 e. The van der Waals surface area contributed by atoms with Crippen LogP contribution in [0.1, 0.15) is 34.8 Å². The van der Waals surface area contributed by atoms with E-state index < -0.39 is 0 Å². The topological polar surface area (TPSA) is 107 Å². The molecule has 0 bridgehead atoms. The van der Waals surface area contributed by atoms with E-state index in [2.05, 4.69) is 22.4 Å². The Morgan fingerprint density at radius 3 is 2.65 bits per heavy atom. The molecule has 0 spiro atoms. The van der Waals surface area contributed by atoms with E-state index in [1.54, 1.807) is 0 Å². The van der Waals surface area contributed by atoms with Gasteiger partial charge in [0.2, 0.25) is 0 Å². The average Bonchev–Trinajstić information content (AvgIpc) is 2.81. The molecule has 0 aliphatic rings. The van der Waals surface area contributed by atoms with Gasteiger partial charge in [-0.05, 0) is 18.4 Å². The lowest BCUT2D eigenvalue weighted by molar-refractivity contribution is 0.0959. The summed E-state index contributed by atoms with van der Waals surface area (Å²) < 4.78 is 0. The zero-order valence-corrected chi connectivity index (χ0v) is 12.5. The van der Waals surface area contributed by atoms with Gasteiger partial charge in [0.1, 0.15) is 9.71 Å². The fourth-order valence-electron chi connectivity index (χ4n) is 2.20. The molecular weight excluding hydrogens is 274 g/mol. The Kier molecular flexibility index (Phi) is 4.51. The number of thiophene rings is 1.